The molecule has 0 saturated carbocycles. The van der Waals surface area contributed by atoms with Crippen LogP contribution in [0.15, 0.2) is 18.3 Å². The molecule has 2 aromatic rings. The summed E-state index contributed by atoms with van der Waals surface area (Å²) in [5, 5.41) is 8.37. The number of aromatic nitrogens is 2. The number of rotatable bonds is 5. The lowest BCUT2D eigenvalue weighted by Crippen LogP contribution is -2.04. The fourth-order valence-corrected chi connectivity index (χ4v) is 2.68. The minimum absolute atomic E-state index is 0.251. The van der Waals surface area contributed by atoms with Crippen molar-refractivity contribution in [2.45, 2.75) is 20.4 Å². The first-order valence-corrected chi connectivity index (χ1v) is 6.91. The summed E-state index contributed by atoms with van der Waals surface area (Å²) in [5.74, 6) is -0.251. The molecule has 0 bridgehead atoms. The van der Waals surface area contributed by atoms with Gasteiger partial charge in [-0.25, -0.2) is 4.79 Å². The largest absolute Gasteiger partial charge is 0.462 e. The summed E-state index contributed by atoms with van der Waals surface area (Å²) in [6.45, 7) is 4.80. The molecule has 1 N–H and O–H groups in total. The van der Waals surface area contributed by atoms with E-state index >= 15 is 0 Å². The quantitative estimate of drug-likeness (QED) is 0.855. The van der Waals surface area contributed by atoms with Crippen LogP contribution in [0.25, 0.3) is 0 Å². The monoisotopic (exact) mass is 279 g/mol. The maximum absolute atomic E-state index is 11.7. The van der Waals surface area contributed by atoms with Crippen molar-refractivity contribution in [2.24, 2.45) is 7.05 Å². The molecule has 102 valence electrons. The number of anilines is 1. The lowest BCUT2D eigenvalue weighted by molar-refractivity contribution is 0.0531. The number of hydrogen-bond donors (Lipinski definition) is 1. The van der Waals surface area contributed by atoms with E-state index in [4.69, 9.17) is 4.74 Å². The lowest BCUT2D eigenvalue weighted by Gasteiger charge is -2.03. The Morgan fingerprint density at radius 2 is 2.37 bits per heavy atom. The highest BCUT2D eigenvalue weighted by Crippen LogP contribution is 2.27. The molecule has 0 fully saturated rings. The highest BCUT2D eigenvalue weighted by molar-refractivity contribution is 7.18. The van der Waals surface area contributed by atoms with Gasteiger partial charge in [0.05, 0.1) is 23.8 Å². The number of ether oxygens (including phenoxy) is 1. The standard InChI is InChI=1S/C13H17N3O2S/c1-4-18-13(17)12-9(2)7-11(19-12)14-8-10-5-6-15-16(10)3/h5-7,14H,4,8H2,1-3H3. The highest BCUT2D eigenvalue weighted by atomic mass is 32.1. The summed E-state index contributed by atoms with van der Waals surface area (Å²) in [6.07, 6.45) is 1.76. The SMILES string of the molecule is CCOC(=O)c1sc(NCc2ccnn2C)cc1C. The Bertz CT molecular complexity index is 574. The Morgan fingerprint density at radius 3 is 3.00 bits per heavy atom. The van der Waals surface area contributed by atoms with Crippen molar-refractivity contribution in [1.82, 2.24) is 9.78 Å². The van der Waals surface area contributed by atoms with Crippen molar-refractivity contribution >= 4 is 22.3 Å². The highest BCUT2D eigenvalue weighted by Gasteiger charge is 2.14. The Labute approximate surface area is 116 Å². The van der Waals surface area contributed by atoms with Gasteiger partial charge in [-0.2, -0.15) is 5.10 Å². The maximum Gasteiger partial charge on any atom is 0.348 e. The predicted molar refractivity (Wildman–Crippen MR) is 75.5 cm³/mol. The van der Waals surface area contributed by atoms with Gasteiger partial charge in [0, 0.05) is 13.2 Å². The van der Waals surface area contributed by atoms with Crippen LogP contribution in [0.3, 0.4) is 0 Å². The van der Waals surface area contributed by atoms with E-state index < -0.39 is 0 Å². The first-order chi connectivity index (χ1) is 9.11. The minimum atomic E-state index is -0.251. The zero-order valence-corrected chi connectivity index (χ0v) is 12.1. The van der Waals surface area contributed by atoms with Crippen molar-refractivity contribution in [2.75, 3.05) is 11.9 Å². The van der Waals surface area contributed by atoms with E-state index in [1.165, 1.54) is 11.3 Å². The molecular weight excluding hydrogens is 262 g/mol. The van der Waals surface area contributed by atoms with Crippen LogP contribution < -0.4 is 5.32 Å². The van der Waals surface area contributed by atoms with E-state index in [2.05, 4.69) is 10.4 Å². The van der Waals surface area contributed by atoms with Crippen molar-refractivity contribution in [1.29, 1.82) is 0 Å². The average molecular weight is 279 g/mol. The molecule has 19 heavy (non-hydrogen) atoms. The number of thiophene rings is 1. The number of hydrogen-bond acceptors (Lipinski definition) is 5. The Kier molecular flexibility index (Phi) is 4.21. The van der Waals surface area contributed by atoms with Gasteiger partial charge in [-0.1, -0.05) is 0 Å². The van der Waals surface area contributed by atoms with Gasteiger partial charge in [0.2, 0.25) is 0 Å². The first-order valence-electron chi connectivity index (χ1n) is 6.10. The van der Waals surface area contributed by atoms with Crippen molar-refractivity contribution in [3.63, 3.8) is 0 Å². The van der Waals surface area contributed by atoms with Crippen LogP contribution in [-0.2, 0) is 18.3 Å². The molecule has 0 aliphatic heterocycles. The molecule has 0 aliphatic rings. The van der Waals surface area contributed by atoms with Gasteiger partial charge in [-0.05, 0) is 31.5 Å². The smallest absolute Gasteiger partial charge is 0.348 e. The molecular formula is C13H17N3O2S. The zero-order chi connectivity index (χ0) is 13.8. The van der Waals surface area contributed by atoms with Crippen molar-refractivity contribution in [3.05, 3.63) is 34.5 Å². The second-order valence-corrected chi connectivity index (χ2v) is 5.20. The van der Waals surface area contributed by atoms with Gasteiger partial charge >= 0.3 is 5.97 Å². The van der Waals surface area contributed by atoms with Crippen LogP contribution in [0.5, 0.6) is 0 Å². The molecule has 0 aliphatic carbocycles. The van der Waals surface area contributed by atoms with Gasteiger partial charge in [0.15, 0.2) is 0 Å². The molecule has 0 atom stereocenters. The molecule has 5 nitrogen and oxygen atoms in total. The summed E-state index contributed by atoms with van der Waals surface area (Å²) < 4.78 is 6.84. The lowest BCUT2D eigenvalue weighted by atomic mass is 10.3. The molecule has 6 heteroatoms. The Morgan fingerprint density at radius 1 is 1.58 bits per heavy atom. The van der Waals surface area contributed by atoms with E-state index in [0.29, 0.717) is 18.0 Å². The van der Waals surface area contributed by atoms with Gasteiger partial charge in [-0.3, -0.25) is 4.68 Å². The fraction of sp³-hybridized carbons (Fsp3) is 0.385. The number of carbonyl (C=O) groups is 1. The van der Waals surface area contributed by atoms with Crippen LogP contribution in [-0.4, -0.2) is 22.4 Å². The van der Waals surface area contributed by atoms with Crippen molar-refractivity contribution < 1.29 is 9.53 Å². The summed E-state index contributed by atoms with van der Waals surface area (Å²) in [6, 6.07) is 3.92. The topological polar surface area (TPSA) is 56.1 Å². The van der Waals surface area contributed by atoms with Gasteiger partial charge in [0.1, 0.15) is 4.88 Å². The van der Waals surface area contributed by atoms with E-state index in [1.54, 1.807) is 6.20 Å². The van der Waals surface area contributed by atoms with E-state index in [0.717, 1.165) is 16.3 Å². The summed E-state index contributed by atoms with van der Waals surface area (Å²) in [7, 11) is 1.90. The number of nitrogens with zero attached hydrogens (tertiary/aromatic N) is 2. The van der Waals surface area contributed by atoms with Crippen LogP contribution in [0.2, 0.25) is 0 Å². The normalized spacial score (nSPS) is 10.5. The van der Waals surface area contributed by atoms with Gasteiger partial charge in [-0.15, -0.1) is 11.3 Å². The van der Waals surface area contributed by atoms with E-state index in [1.807, 2.05) is 37.7 Å². The van der Waals surface area contributed by atoms with E-state index in [9.17, 15) is 4.79 Å². The molecule has 2 aromatic heterocycles. The zero-order valence-electron chi connectivity index (χ0n) is 11.3. The van der Waals surface area contributed by atoms with Gasteiger partial charge < -0.3 is 10.1 Å². The molecule has 0 spiro atoms. The molecule has 0 unspecified atom stereocenters. The second-order valence-electron chi connectivity index (χ2n) is 4.14. The Balaban J connectivity index is 2.04. The fourth-order valence-electron chi connectivity index (χ4n) is 1.72. The molecule has 0 radical (unpaired) electrons. The third kappa shape index (κ3) is 3.14. The second kappa shape index (κ2) is 5.88. The summed E-state index contributed by atoms with van der Waals surface area (Å²) >= 11 is 1.42. The molecule has 0 saturated heterocycles. The Hall–Kier alpha value is -1.82. The van der Waals surface area contributed by atoms with E-state index in [-0.39, 0.29) is 5.97 Å². The van der Waals surface area contributed by atoms with Crippen molar-refractivity contribution in [3.8, 4) is 0 Å². The molecule has 2 rings (SSSR count). The van der Waals surface area contributed by atoms with Crippen LogP contribution in [0.4, 0.5) is 5.00 Å². The minimum Gasteiger partial charge on any atom is -0.462 e. The number of carbonyl (C=O) groups excluding carboxylic acids is 1. The molecule has 0 amide bonds. The number of nitrogens with one attached hydrogen (secondary N) is 1. The van der Waals surface area contributed by atoms with Crippen LogP contribution >= 0.6 is 11.3 Å². The van der Waals surface area contributed by atoms with Crippen LogP contribution in [0.1, 0.15) is 27.9 Å². The maximum atomic E-state index is 11.7. The number of aryl methyl sites for hydroxylation is 2. The molecule has 0 aromatic carbocycles. The molecule has 2 heterocycles. The predicted octanol–water partition coefficient (Wildman–Crippen LogP) is 2.58. The third-order valence-electron chi connectivity index (χ3n) is 2.74. The summed E-state index contributed by atoms with van der Waals surface area (Å²) in [4.78, 5) is 12.4. The third-order valence-corrected chi connectivity index (χ3v) is 3.92. The average Bonchev–Trinajstić information content (AvgIpc) is 2.93. The first kappa shape index (κ1) is 13.6. The van der Waals surface area contributed by atoms with Crippen LogP contribution in [0, 0.1) is 6.92 Å². The number of esters is 1. The summed E-state index contributed by atoms with van der Waals surface area (Å²) in [5.41, 5.74) is 2.03. The van der Waals surface area contributed by atoms with Gasteiger partial charge in [0.25, 0.3) is 0 Å².